The van der Waals surface area contributed by atoms with Crippen molar-refractivity contribution in [2.75, 3.05) is 0 Å². The second-order valence-corrected chi connectivity index (χ2v) is 5.71. The number of hydrogen-bond donors (Lipinski definition) is 1. The van der Waals surface area contributed by atoms with E-state index < -0.39 is 6.10 Å². The van der Waals surface area contributed by atoms with Crippen molar-refractivity contribution in [3.63, 3.8) is 0 Å². The highest BCUT2D eigenvalue weighted by molar-refractivity contribution is 5.83. The molecule has 1 unspecified atom stereocenters. The molecule has 0 bridgehead atoms. The molecule has 0 radical (unpaired) electrons. The number of carbonyl (C=O) groups is 1. The molecule has 0 aromatic heterocycles. The van der Waals surface area contributed by atoms with Gasteiger partial charge < -0.3 is 5.11 Å². The van der Waals surface area contributed by atoms with Crippen LogP contribution in [-0.4, -0.2) is 17.0 Å². The summed E-state index contributed by atoms with van der Waals surface area (Å²) in [5.74, 6) is 0.209. The van der Waals surface area contributed by atoms with Gasteiger partial charge in [-0.05, 0) is 12.3 Å². The van der Waals surface area contributed by atoms with Crippen molar-refractivity contribution in [1.82, 2.24) is 0 Å². The highest BCUT2D eigenvalue weighted by Crippen LogP contribution is 2.17. The van der Waals surface area contributed by atoms with Gasteiger partial charge in [-0.3, -0.25) is 4.79 Å². The molecule has 0 aromatic rings. The molecule has 0 aliphatic heterocycles. The van der Waals surface area contributed by atoms with Gasteiger partial charge in [-0.25, -0.2) is 0 Å². The first kappa shape index (κ1) is 18.6. The van der Waals surface area contributed by atoms with E-state index in [1.807, 2.05) is 13.8 Å². The Kier molecular flexibility index (Phi) is 12.4. The average Bonchev–Trinajstić information content (AvgIpc) is 2.42. The third-order valence-electron chi connectivity index (χ3n) is 4.10. The standard InChI is InChI=1S/C17H34O2/c1-4-7-8-9-10-11-12-13-14-16(18)17(19)15(5-2)6-3/h15,17,19H,4-14H2,1-3H3. The van der Waals surface area contributed by atoms with E-state index in [-0.39, 0.29) is 11.7 Å². The van der Waals surface area contributed by atoms with E-state index in [1.54, 1.807) is 0 Å². The average molecular weight is 270 g/mol. The Morgan fingerprint density at radius 1 is 0.842 bits per heavy atom. The smallest absolute Gasteiger partial charge is 0.161 e. The molecule has 0 heterocycles. The van der Waals surface area contributed by atoms with E-state index in [2.05, 4.69) is 6.92 Å². The van der Waals surface area contributed by atoms with Crippen molar-refractivity contribution >= 4 is 5.78 Å². The van der Waals surface area contributed by atoms with Gasteiger partial charge in [0.1, 0.15) is 6.10 Å². The number of rotatable bonds is 13. The summed E-state index contributed by atoms with van der Waals surface area (Å²) in [5.41, 5.74) is 0. The van der Waals surface area contributed by atoms with Crippen LogP contribution in [0.3, 0.4) is 0 Å². The number of carbonyl (C=O) groups excluding carboxylic acids is 1. The fourth-order valence-corrected chi connectivity index (χ4v) is 2.58. The summed E-state index contributed by atoms with van der Waals surface area (Å²) in [6.07, 6.45) is 11.6. The van der Waals surface area contributed by atoms with Crippen LogP contribution in [0.25, 0.3) is 0 Å². The van der Waals surface area contributed by atoms with Crippen molar-refractivity contribution in [3.05, 3.63) is 0 Å². The summed E-state index contributed by atoms with van der Waals surface area (Å²) in [5, 5.41) is 9.93. The first-order valence-corrected chi connectivity index (χ1v) is 8.38. The molecule has 0 fully saturated rings. The fraction of sp³-hybridized carbons (Fsp3) is 0.941. The van der Waals surface area contributed by atoms with Crippen molar-refractivity contribution in [1.29, 1.82) is 0 Å². The number of aliphatic hydroxyl groups excluding tert-OH is 1. The Hall–Kier alpha value is -0.370. The van der Waals surface area contributed by atoms with Crippen LogP contribution in [0, 0.1) is 5.92 Å². The van der Waals surface area contributed by atoms with Gasteiger partial charge in [0.15, 0.2) is 5.78 Å². The molecular formula is C17H34O2. The lowest BCUT2D eigenvalue weighted by Crippen LogP contribution is -2.28. The van der Waals surface area contributed by atoms with E-state index in [0.717, 1.165) is 25.7 Å². The first-order valence-electron chi connectivity index (χ1n) is 8.38. The molecule has 2 nitrogen and oxygen atoms in total. The topological polar surface area (TPSA) is 37.3 Å². The highest BCUT2D eigenvalue weighted by Gasteiger charge is 2.22. The minimum absolute atomic E-state index is 0.0553. The SMILES string of the molecule is CCCCCCCCCCC(=O)C(O)C(CC)CC. The largest absolute Gasteiger partial charge is 0.385 e. The van der Waals surface area contributed by atoms with Gasteiger partial charge >= 0.3 is 0 Å². The second kappa shape index (κ2) is 12.7. The Morgan fingerprint density at radius 2 is 1.32 bits per heavy atom. The van der Waals surface area contributed by atoms with Gasteiger partial charge in [0.25, 0.3) is 0 Å². The lowest BCUT2D eigenvalue weighted by atomic mass is 9.91. The third-order valence-corrected chi connectivity index (χ3v) is 4.10. The molecule has 0 aromatic carbocycles. The normalized spacial score (nSPS) is 12.9. The van der Waals surface area contributed by atoms with Gasteiger partial charge in [-0.1, -0.05) is 78.6 Å². The molecule has 0 saturated carbocycles. The van der Waals surface area contributed by atoms with Gasteiger partial charge in [0, 0.05) is 6.42 Å². The summed E-state index contributed by atoms with van der Waals surface area (Å²) in [6.45, 7) is 6.32. The Balaban J connectivity index is 3.52. The van der Waals surface area contributed by atoms with Crippen LogP contribution in [0.5, 0.6) is 0 Å². The molecular weight excluding hydrogens is 236 g/mol. The van der Waals surface area contributed by atoms with Crippen LogP contribution in [-0.2, 0) is 4.79 Å². The van der Waals surface area contributed by atoms with Crippen molar-refractivity contribution in [2.45, 2.75) is 97.5 Å². The number of unbranched alkanes of at least 4 members (excludes halogenated alkanes) is 7. The molecule has 1 N–H and O–H groups in total. The van der Waals surface area contributed by atoms with Crippen molar-refractivity contribution in [2.24, 2.45) is 5.92 Å². The minimum atomic E-state index is -0.723. The van der Waals surface area contributed by atoms with Crippen LogP contribution in [0.15, 0.2) is 0 Å². The molecule has 0 saturated heterocycles. The van der Waals surface area contributed by atoms with E-state index >= 15 is 0 Å². The number of Topliss-reactive ketones (excluding diaryl/α,β-unsaturated/α-hetero) is 1. The van der Waals surface area contributed by atoms with Gasteiger partial charge in [0.2, 0.25) is 0 Å². The Bertz CT molecular complexity index is 209. The first-order chi connectivity index (χ1) is 9.17. The number of hydrogen-bond acceptors (Lipinski definition) is 2. The number of aliphatic hydroxyl groups is 1. The molecule has 1 atom stereocenters. The van der Waals surface area contributed by atoms with Crippen LogP contribution in [0.4, 0.5) is 0 Å². The maximum Gasteiger partial charge on any atom is 0.161 e. The maximum atomic E-state index is 11.8. The lowest BCUT2D eigenvalue weighted by Gasteiger charge is -2.18. The zero-order valence-electron chi connectivity index (χ0n) is 13.3. The third kappa shape index (κ3) is 9.21. The summed E-state index contributed by atoms with van der Waals surface area (Å²) in [7, 11) is 0. The summed E-state index contributed by atoms with van der Waals surface area (Å²) in [4.78, 5) is 11.8. The molecule has 0 amide bonds. The van der Waals surface area contributed by atoms with E-state index in [1.165, 1.54) is 38.5 Å². The molecule has 0 aliphatic carbocycles. The monoisotopic (exact) mass is 270 g/mol. The van der Waals surface area contributed by atoms with Crippen LogP contribution < -0.4 is 0 Å². The molecule has 2 heteroatoms. The minimum Gasteiger partial charge on any atom is -0.385 e. The maximum absolute atomic E-state index is 11.8. The van der Waals surface area contributed by atoms with Crippen LogP contribution >= 0.6 is 0 Å². The van der Waals surface area contributed by atoms with Crippen LogP contribution in [0.2, 0.25) is 0 Å². The summed E-state index contributed by atoms with van der Waals surface area (Å²) in [6, 6.07) is 0. The zero-order valence-corrected chi connectivity index (χ0v) is 13.3. The van der Waals surface area contributed by atoms with Crippen molar-refractivity contribution < 1.29 is 9.90 Å². The zero-order chi connectivity index (χ0) is 14.5. The Labute approximate surface area is 120 Å². The predicted octanol–water partition coefficient (Wildman–Crippen LogP) is 4.88. The van der Waals surface area contributed by atoms with E-state index in [0.29, 0.717) is 6.42 Å². The molecule has 114 valence electrons. The van der Waals surface area contributed by atoms with Gasteiger partial charge in [-0.2, -0.15) is 0 Å². The van der Waals surface area contributed by atoms with Gasteiger partial charge in [0.05, 0.1) is 0 Å². The van der Waals surface area contributed by atoms with E-state index in [4.69, 9.17) is 0 Å². The predicted molar refractivity (Wildman–Crippen MR) is 82.3 cm³/mol. The summed E-state index contributed by atoms with van der Waals surface area (Å²) < 4.78 is 0. The number of ketones is 1. The van der Waals surface area contributed by atoms with Crippen molar-refractivity contribution in [3.8, 4) is 0 Å². The quantitative estimate of drug-likeness (QED) is 0.484. The fourth-order valence-electron chi connectivity index (χ4n) is 2.58. The molecule has 0 spiro atoms. The van der Waals surface area contributed by atoms with Gasteiger partial charge in [-0.15, -0.1) is 0 Å². The molecule has 19 heavy (non-hydrogen) atoms. The molecule has 0 rings (SSSR count). The lowest BCUT2D eigenvalue weighted by molar-refractivity contribution is -0.130. The van der Waals surface area contributed by atoms with E-state index in [9.17, 15) is 9.90 Å². The highest BCUT2D eigenvalue weighted by atomic mass is 16.3. The summed E-state index contributed by atoms with van der Waals surface area (Å²) >= 11 is 0. The second-order valence-electron chi connectivity index (χ2n) is 5.71. The molecule has 0 aliphatic rings. The Morgan fingerprint density at radius 3 is 1.79 bits per heavy atom. The van der Waals surface area contributed by atoms with Crippen LogP contribution in [0.1, 0.15) is 91.4 Å².